The largest absolute Gasteiger partial charge is 0.369 e. The van der Waals surface area contributed by atoms with E-state index in [9.17, 15) is 9.59 Å². The minimum atomic E-state index is -0.203. The Kier molecular flexibility index (Phi) is 5.18. The van der Waals surface area contributed by atoms with E-state index in [1.807, 2.05) is 4.90 Å². The summed E-state index contributed by atoms with van der Waals surface area (Å²) in [7, 11) is 0. The molecule has 0 saturated carbocycles. The van der Waals surface area contributed by atoms with Crippen molar-refractivity contribution in [2.75, 3.05) is 44.2 Å². The van der Waals surface area contributed by atoms with Gasteiger partial charge in [-0.3, -0.25) is 14.5 Å². The number of hydrogen-bond donors (Lipinski definition) is 1. The molecule has 3 heterocycles. The van der Waals surface area contributed by atoms with Crippen LogP contribution in [-0.2, 0) is 4.79 Å². The Bertz CT molecular complexity index is 621. The van der Waals surface area contributed by atoms with E-state index in [-0.39, 0.29) is 17.4 Å². The molecule has 1 aromatic heterocycles. The number of rotatable bonds is 3. The fourth-order valence-electron chi connectivity index (χ4n) is 3.67. The first kappa shape index (κ1) is 17.0. The average Bonchev–Trinajstić information content (AvgIpc) is 2.61. The summed E-state index contributed by atoms with van der Waals surface area (Å²) in [4.78, 5) is 30.9. The second-order valence-corrected chi connectivity index (χ2v) is 7.04. The number of hydrogen-bond acceptors (Lipinski definition) is 5. The van der Waals surface area contributed by atoms with E-state index in [2.05, 4.69) is 33.8 Å². The van der Waals surface area contributed by atoms with Gasteiger partial charge in [-0.15, -0.1) is 0 Å². The molecule has 3 rings (SSSR count). The number of H-pyrrole nitrogens is 1. The van der Waals surface area contributed by atoms with Crippen molar-refractivity contribution in [3.63, 3.8) is 0 Å². The molecule has 0 spiro atoms. The number of piperidine rings is 1. The minimum absolute atomic E-state index is 0.0173. The van der Waals surface area contributed by atoms with Crippen molar-refractivity contribution in [3.05, 3.63) is 22.6 Å². The van der Waals surface area contributed by atoms with Gasteiger partial charge in [0.25, 0.3) is 5.56 Å². The lowest BCUT2D eigenvalue weighted by atomic mass is 9.96. The summed E-state index contributed by atoms with van der Waals surface area (Å²) in [5.41, 5.74) is 0.603. The van der Waals surface area contributed by atoms with Crippen molar-refractivity contribution in [2.45, 2.75) is 32.7 Å². The number of piperazine rings is 1. The first-order valence-electron chi connectivity index (χ1n) is 8.87. The number of nitrogens with zero attached hydrogens (tertiary/aromatic N) is 4. The van der Waals surface area contributed by atoms with Crippen molar-refractivity contribution in [1.29, 1.82) is 0 Å². The zero-order chi connectivity index (χ0) is 17.1. The highest BCUT2D eigenvalue weighted by Gasteiger charge is 2.31. The fraction of sp³-hybridized carbons (Fsp3) is 0.706. The highest BCUT2D eigenvalue weighted by Crippen LogP contribution is 2.23. The zero-order valence-electron chi connectivity index (χ0n) is 14.6. The van der Waals surface area contributed by atoms with E-state index in [0.29, 0.717) is 12.6 Å². The molecule has 2 aliphatic heterocycles. The molecule has 132 valence electrons. The van der Waals surface area contributed by atoms with Crippen LogP contribution in [0.5, 0.6) is 0 Å². The number of amides is 1. The summed E-state index contributed by atoms with van der Waals surface area (Å²) in [5.74, 6) is 0.282. The molecule has 0 radical (unpaired) electrons. The van der Waals surface area contributed by atoms with Crippen LogP contribution in [0.2, 0.25) is 0 Å². The third-order valence-electron chi connectivity index (χ3n) is 5.14. The van der Waals surface area contributed by atoms with Crippen LogP contribution in [0.1, 0.15) is 26.7 Å². The SMILES string of the molecule is CC(C)N1CCN(C(=O)C2CCCN(c3cn[nH]c(=O)c3)C2)CC1. The van der Waals surface area contributed by atoms with Gasteiger partial charge < -0.3 is 9.80 Å². The lowest BCUT2D eigenvalue weighted by Crippen LogP contribution is -2.53. The van der Waals surface area contributed by atoms with Gasteiger partial charge in [0.05, 0.1) is 17.8 Å². The van der Waals surface area contributed by atoms with E-state index in [0.717, 1.165) is 51.3 Å². The fourth-order valence-corrected chi connectivity index (χ4v) is 3.67. The summed E-state index contributed by atoms with van der Waals surface area (Å²) >= 11 is 0. The second kappa shape index (κ2) is 7.34. The molecule has 1 atom stereocenters. The van der Waals surface area contributed by atoms with Crippen molar-refractivity contribution in [3.8, 4) is 0 Å². The third kappa shape index (κ3) is 3.77. The van der Waals surface area contributed by atoms with Gasteiger partial charge in [-0.05, 0) is 26.7 Å². The highest BCUT2D eigenvalue weighted by molar-refractivity contribution is 5.80. The van der Waals surface area contributed by atoms with E-state index < -0.39 is 0 Å². The molecule has 7 nitrogen and oxygen atoms in total. The van der Waals surface area contributed by atoms with Crippen molar-refractivity contribution in [2.24, 2.45) is 5.92 Å². The normalized spacial score (nSPS) is 22.9. The summed E-state index contributed by atoms with van der Waals surface area (Å²) in [6, 6.07) is 2.09. The van der Waals surface area contributed by atoms with E-state index >= 15 is 0 Å². The number of anilines is 1. The second-order valence-electron chi connectivity index (χ2n) is 7.04. The maximum atomic E-state index is 12.9. The van der Waals surface area contributed by atoms with E-state index in [1.165, 1.54) is 0 Å². The van der Waals surface area contributed by atoms with Crippen LogP contribution in [-0.4, -0.2) is 71.2 Å². The Labute approximate surface area is 142 Å². The van der Waals surface area contributed by atoms with Crippen molar-refractivity contribution in [1.82, 2.24) is 20.0 Å². The monoisotopic (exact) mass is 333 g/mol. The number of nitrogens with one attached hydrogen (secondary N) is 1. The Balaban J connectivity index is 1.60. The van der Waals surface area contributed by atoms with Crippen molar-refractivity contribution >= 4 is 11.6 Å². The lowest BCUT2D eigenvalue weighted by molar-refractivity contribution is -0.137. The Morgan fingerprint density at radius 3 is 2.67 bits per heavy atom. The number of aromatic amines is 1. The summed E-state index contributed by atoms with van der Waals surface area (Å²) in [5, 5.41) is 6.26. The molecule has 2 aliphatic rings. The molecule has 1 aromatic rings. The standard InChI is InChI=1S/C17H27N5O2/c1-13(2)20-6-8-21(9-7-20)17(24)14-4-3-5-22(12-14)15-10-16(23)19-18-11-15/h10-11,13-14H,3-9,12H2,1-2H3,(H,19,23). The van der Waals surface area contributed by atoms with Crippen LogP contribution in [0.15, 0.2) is 17.1 Å². The Hall–Kier alpha value is -1.89. The molecule has 1 amide bonds. The van der Waals surface area contributed by atoms with Gasteiger partial charge >= 0.3 is 0 Å². The van der Waals surface area contributed by atoms with Gasteiger partial charge in [0.1, 0.15) is 0 Å². The van der Waals surface area contributed by atoms with Gasteiger partial charge in [0, 0.05) is 51.4 Å². The molecular formula is C17H27N5O2. The van der Waals surface area contributed by atoms with Crippen LogP contribution >= 0.6 is 0 Å². The van der Waals surface area contributed by atoms with Gasteiger partial charge in [0.15, 0.2) is 0 Å². The molecule has 0 bridgehead atoms. The van der Waals surface area contributed by atoms with Crippen LogP contribution in [0.4, 0.5) is 5.69 Å². The predicted octanol–water partition coefficient (Wildman–Crippen LogP) is 0.539. The molecule has 0 aliphatic carbocycles. The maximum absolute atomic E-state index is 12.9. The van der Waals surface area contributed by atoms with Crippen LogP contribution in [0.25, 0.3) is 0 Å². The Morgan fingerprint density at radius 2 is 2.00 bits per heavy atom. The van der Waals surface area contributed by atoms with Gasteiger partial charge in [0.2, 0.25) is 5.91 Å². The summed E-state index contributed by atoms with van der Waals surface area (Å²) in [6.07, 6.45) is 3.56. The van der Waals surface area contributed by atoms with Crippen molar-refractivity contribution < 1.29 is 4.79 Å². The van der Waals surface area contributed by atoms with E-state index in [4.69, 9.17) is 0 Å². The van der Waals surface area contributed by atoms with Gasteiger partial charge in [-0.25, -0.2) is 5.10 Å². The smallest absolute Gasteiger partial charge is 0.266 e. The van der Waals surface area contributed by atoms with Gasteiger partial charge in [-0.2, -0.15) is 5.10 Å². The molecule has 7 heteroatoms. The van der Waals surface area contributed by atoms with Crippen LogP contribution in [0, 0.1) is 5.92 Å². The quantitative estimate of drug-likeness (QED) is 0.874. The Morgan fingerprint density at radius 1 is 1.25 bits per heavy atom. The van der Waals surface area contributed by atoms with E-state index in [1.54, 1.807) is 12.3 Å². The van der Waals surface area contributed by atoms with Crippen LogP contribution in [0.3, 0.4) is 0 Å². The highest BCUT2D eigenvalue weighted by atomic mass is 16.2. The summed E-state index contributed by atoms with van der Waals surface area (Å²) in [6.45, 7) is 9.50. The lowest BCUT2D eigenvalue weighted by Gasteiger charge is -2.40. The molecule has 1 N–H and O–H groups in total. The average molecular weight is 333 g/mol. The number of aromatic nitrogens is 2. The molecular weight excluding hydrogens is 306 g/mol. The first-order chi connectivity index (χ1) is 11.5. The molecule has 2 saturated heterocycles. The minimum Gasteiger partial charge on any atom is -0.369 e. The molecule has 1 unspecified atom stereocenters. The summed E-state index contributed by atoms with van der Waals surface area (Å²) < 4.78 is 0. The number of carbonyl (C=O) groups is 1. The zero-order valence-corrected chi connectivity index (χ0v) is 14.6. The molecule has 2 fully saturated rings. The number of carbonyl (C=O) groups excluding carboxylic acids is 1. The topological polar surface area (TPSA) is 72.5 Å². The maximum Gasteiger partial charge on any atom is 0.266 e. The first-order valence-corrected chi connectivity index (χ1v) is 8.87. The molecule has 24 heavy (non-hydrogen) atoms. The molecule has 0 aromatic carbocycles. The van der Waals surface area contributed by atoms with Gasteiger partial charge in [-0.1, -0.05) is 0 Å². The van der Waals surface area contributed by atoms with Crippen LogP contribution < -0.4 is 10.5 Å². The third-order valence-corrected chi connectivity index (χ3v) is 5.14. The predicted molar refractivity (Wildman–Crippen MR) is 93.1 cm³/mol.